The maximum atomic E-state index is 12.7. The molecule has 0 spiro atoms. The number of hydrogen-bond acceptors (Lipinski definition) is 6. The molecule has 0 amide bonds. The van der Waals surface area contributed by atoms with E-state index in [-0.39, 0.29) is 38.3 Å². The van der Waals surface area contributed by atoms with Crippen LogP contribution in [0.3, 0.4) is 0 Å². The van der Waals surface area contributed by atoms with Crippen LogP contribution in [0.2, 0.25) is 15.2 Å². The standard InChI is InChI=1S/C16H11Cl3N4O3S/c17-11-4-1-5-13(15(11)19)27(24,25)23-16-12(7-14(18)21-22-16)26-9-10-3-2-6-20-8-10/h1-8H,9H2,(H,22,23). The van der Waals surface area contributed by atoms with Crippen molar-refractivity contribution in [2.24, 2.45) is 0 Å². The maximum Gasteiger partial charge on any atom is 0.264 e. The monoisotopic (exact) mass is 444 g/mol. The van der Waals surface area contributed by atoms with Crippen LogP contribution in [0.4, 0.5) is 5.82 Å². The van der Waals surface area contributed by atoms with Gasteiger partial charge in [0.25, 0.3) is 10.0 Å². The van der Waals surface area contributed by atoms with Crippen molar-refractivity contribution in [3.05, 3.63) is 69.6 Å². The van der Waals surface area contributed by atoms with Crippen LogP contribution in [0.1, 0.15) is 5.56 Å². The maximum absolute atomic E-state index is 12.7. The normalized spacial score (nSPS) is 11.2. The summed E-state index contributed by atoms with van der Waals surface area (Å²) in [6.07, 6.45) is 3.24. The molecule has 0 aliphatic rings. The summed E-state index contributed by atoms with van der Waals surface area (Å²) in [6.45, 7) is 0.127. The first-order valence-corrected chi connectivity index (χ1v) is 10.0. The van der Waals surface area contributed by atoms with Crippen molar-refractivity contribution in [3.63, 3.8) is 0 Å². The number of pyridine rings is 1. The van der Waals surface area contributed by atoms with E-state index in [4.69, 9.17) is 39.5 Å². The van der Waals surface area contributed by atoms with Gasteiger partial charge < -0.3 is 4.74 Å². The molecule has 140 valence electrons. The summed E-state index contributed by atoms with van der Waals surface area (Å²) in [7, 11) is -4.09. The third-order valence-electron chi connectivity index (χ3n) is 3.28. The Hall–Kier alpha value is -2.13. The number of halogens is 3. The van der Waals surface area contributed by atoms with Gasteiger partial charge in [-0.15, -0.1) is 10.2 Å². The number of anilines is 1. The van der Waals surface area contributed by atoms with Crippen LogP contribution in [0.15, 0.2) is 53.7 Å². The second-order valence-corrected chi connectivity index (χ2v) is 8.01. The zero-order chi connectivity index (χ0) is 19.4. The Morgan fingerprint density at radius 2 is 1.89 bits per heavy atom. The van der Waals surface area contributed by atoms with Crippen LogP contribution >= 0.6 is 34.8 Å². The Morgan fingerprint density at radius 1 is 1.07 bits per heavy atom. The lowest BCUT2D eigenvalue weighted by Crippen LogP contribution is -2.16. The Bertz CT molecular complexity index is 1070. The van der Waals surface area contributed by atoms with Gasteiger partial charge in [0, 0.05) is 24.0 Å². The first-order valence-electron chi connectivity index (χ1n) is 7.38. The lowest BCUT2D eigenvalue weighted by molar-refractivity contribution is 0.306. The van der Waals surface area contributed by atoms with Crippen LogP contribution in [-0.4, -0.2) is 23.6 Å². The van der Waals surface area contributed by atoms with E-state index in [2.05, 4.69) is 19.9 Å². The van der Waals surface area contributed by atoms with E-state index in [1.54, 1.807) is 24.5 Å². The number of sulfonamides is 1. The van der Waals surface area contributed by atoms with Crippen molar-refractivity contribution in [2.75, 3.05) is 4.72 Å². The Morgan fingerprint density at radius 3 is 2.63 bits per heavy atom. The topological polar surface area (TPSA) is 94.1 Å². The smallest absolute Gasteiger partial charge is 0.264 e. The SMILES string of the molecule is O=S(=O)(Nc1nnc(Cl)cc1OCc1cccnc1)c1cccc(Cl)c1Cl. The van der Waals surface area contributed by atoms with Crippen molar-refractivity contribution in [2.45, 2.75) is 11.5 Å². The first-order chi connectivity index (χ1) is 12.9. The molecule has 3 aromatic rings. The molecule has 0 bridgehead atoms. The van der Waals surface area contributed by atoms with Gasteiger partial charge in [-0.2, -0.15) is 0 Å². The molecule has 0 radical (unpaired) electrons. The number of nitrogens with zero attached hydrogens (tertiary/aromatic N) is 3. The number of benzene rings is 1. The second kappa shape index (κ2) is 8.26. The van der Waals surface area contributed by atoms with Crippen LogP contribution in [0.25, 0.3) is 0 Å². The molecule has 2 heterocycles. The minimum absolute atomic E-state index is 0.0416. The molecule has 0 unspecified atom stereocenters. The largest absolute Gasteiger partial charge is 0.485 e. The van der Waals surface area contributed by atoms with Crippen LogP contribution in [0, 0.1) is 0 Å². The highest BCUT2D eigenvalue weighted by Crippen LogP contribution is 2.32. The molecule has 0 aliphatic carbocycles. The van der Waals surface area contributed by atoms with Crippen molar-refractivity contribution < 1.29 is 13.2 Å². The molecule has 27 heavy (non-hydrogen) atoms. The van der Waals surface area contributed by atoms with E-state index in [0.29, 0.717) is 0 Å². The molecule has 1 N–H and O–H groups in total. The highest BCUT2D eigenvalue weighted by atomic mass is 35.5. The van der Waals surface area contributed by atoms with Gasteiger partial charge in [-0.05, 0) is 18.2 Å². The third-order valence-corrected chi connectivity index (χ3v) is 5.78. The van der Waals surface area contributed by atoms with E-state index in [1.165, 1.54) is 24.3 Å². The summed E-state index contributed by atoms with van der Waals surface area (Å²) in [5, 5.41) is 7.46. The predicted octanol–water partition coefficient (Wildman–Crippen LogP) is 4.21. The lowest BCUT2D eigenvalue weighted by atomic mass is 10.3. The van der Waals surface area contributed by atoms with E-state index < -0.39 is 10.0 Å². The number of aromatic nitrogens is 3. The van der Waals surface area contributed by atoms with Gasteiger partial charge in [-0.25, -0.2) is 8.42 Å². The quantitative estimate of drug-likeness (QED) is 0.611. The van der Waals surface area contributed by atoms with Gasteiger partial charge in [0.1, 0.15) is 11.5 Å². The summed E-state index contributed by atoms with van der Waals surface area (Å²) in [5.74, 6) is -0.0417. The molecular weight excluding hydrogens is 435 g/mol. The Labute approximate surface area is 170 Å². The zero-order valence-corrected chi connectivity index (χ0v) is 16.5. The van der Waals surface area contributed by atoms with Crippen LogP contribution in [-0.2, 0) is 16.6 Å². The minimum atomic E-state index is -4.09. The molecule has 2 aromatic heterocycles. The van der Waals surface area contributed by atoms with Gasteiger partial charge in [0.05, 0.1) is 10.0 Å². The van der Waals surface area contributed by atoms with Crippen molar-refractivity contribution in [1.29, 1.82) is 0 Å². The lowest BCUT2D eigenvalue weighted by Gasteiger charge is -2.13. The van der Waals surface area contributed by atoms with E-state index in [9.17, 15) is 8.42 Å². The average Bonchev–Trinajstić information content (AvgIpc) is 2.64. The van der Waals surface area contributed by atoms with Gasteiger partial charge >= 0.3 is 0 Å². The Kier molecular flexibility index (Phi) is 6.01. The van der Waals surface area contributed by atoms with E-state index >= 15 is 0 Å². The third kappa shape index (κ3) is 4.78. The fraction of sp³-hybridized carbons (Fsp3) is 0.0625. The summed E-state index contributed by atoms with van der Waals surface area (Å²) in [6, 6.07) is 9.17. The molecule has 0 atom stereocenters. The number of hydrogen-bond donors (Lipinski definition) is 1. The first kappa shape index (κ1) is 19.6. The zero-order valence-electron chi connectivity index (χ0n) is 13.4. The molecule has 0 saturated carbocycles. The molecule has 7 nitrogen and oxygen atoms in total. The minimum Gasteiger partial charge on any atom is -0.485 e. The van der Waals surface area contributed by atoms with Crippen LogP contribution in [0.5, 0.6) is 5.75 Å². The van der Waals surface area contributed by atoms with Crippen LogP contribution < -0.4 is 9.46 Å². The van der Waals surface area contributed by atoms with Gasteiger partial charge in [0.15, 0.2) is 10.9 Å². The molecule has 0 aliphatic heterocycles. The molecule has 0 fully saturated rings. The summed E-state index contributed by atoms with van der Waals surface area (Å²) >= 11 is 17.7. The van der Waals surface area contributed by atoms with Gasteiger partial charge in [-0.1, -0.05) is 46.9 Å². The summed E-state index contributed by atoms with van der Waals surface area (Å²) < 4.78 is 33.2. The van der Waals surface area contributed by atoms with E-state index in [0.717, 1.165) is 5.56 Å². The van der Waals surface area contributed by atoms with E-state index in [1.807, 2.05) is 0 Å². The summed E-state index contributed by atoms with van der Waals surface area (Å²) in [4.78, 5) is 3.78. The van der Waals surface area contributed by atoms with Gasteiger partial charge in [0.2, 0.25) is 5.82 Å². The van der Waals surface area contributed by atoms with Crippen molar-refractivity contribution in [1.82, 2.24) is 15.2 Å². The fourth-order valence-corrected chi connectivity index (χ4v) is 3.96. The second-order valence-electron chi connectivity index (χ2n) is 5.19. The van der Waals surface area contributed by atoms with Gasteiger partial charge in [-0.3, -0.25) is 9.71 Å². The summed E-state index contributed by atoms with van der Waals surface area (Å²) in [5.41, 5.74) is 0.775. The molecule has 11 heteroatoms. The predicted molar refractivity (Wildman–Crippen MR) is 103 cm³/mol. The Balaban J connectivity index is 1.89. The highest BCUT2D eigenvalue weighted by Gasteiger charge is 2.22. The molecule has 0 saturated heterocycles. The molecular formula is C16H11Cl3N4O3S. The van der Waals surface area contributed by atoms with Crippen molar-refractivity contribution >= 4 is 50.6 Å². The highest BCUT2D eigenvalue weighted by molar-refractivity contribution is 7.92. The van der Waals surface area contributed by atoms with Crippen molar-refractivity contribution in [3.8, 4) is 5.75 Å². The fourth-order valence-electron chi connectivity index (χ4n) is 2.05. The average molecular weight is 446 g/mol. The molecule has 1 aromatic carbocycles. The molecule has 3 rings (SSSR count). The number of nitrogens with one attached hydrogen (secondary N) is 1. The number of rotatable bonds is 6. The number of ether oxygens (including phenoxy) is 1.